The van der Waals surface area contributed by atoms with Crippen LogP contribution in [0.5, 0.6) is 0 Å². The van der Waals surface area contributed by atoms with Crippen LogP contribution in [-0.4, -0.2) is 4.98 Å². The number of aromatic nitrogens is 1. The summed E-state index contributed by atoms with van der Waals surface area (Å²) in [5.41, 5.74) is 2.24. The number of nitriles is 1. The van der Waals surface area contributed by atoms with Gasteiger partial charge in [-0.25, -0.2) is 4.98 Å². The predicted octanol–water partition coefficient (Wildman–Crippen LogP) is 4.60. The van der Waals surface area contributed by atoms with Gasteiger partial charge in [-0.3, -0.25) is 0 Å². The monoisotopic (exact) mass is 349 g/mol. The van der Waals surface area contributed by atoms with Gasteiger partial charge in [0.25, 0.3) is 0 Å². The predicted molar refractivity (Wildman–Crippen MR) is 83.7 cm³/mol. The van der Waals surface area contributed by atoms with Gasteiger partial charge < -0.3 is 5.32 Å². The van der Waals surface area contributed by atoms with Crippen molar-refractivity contribution in [3.8, 4) is 6.07 Å². The van der Waals surface area contributed by atoms with E-state index in [2.05, 4.69) is 43.7 Å². The van der Waals surface area contributed by atoms with Crippen molar-refractivity contribution in [3.63, 3.8) is 0 Å². The van der Waals surface area contributed by atoms with Crippen molar-refractivity contribution in [3.05, 3.63) is 44.0 Å². The van der Waals surface area contributed by atoms with Gasteiger partial charge in [0.2, 0.25) is 0 Å². The molecule has 6 heteroatoms. The highest BCUT2D eigenvalue weighted by Crippen LogP contribution is 2.34. The number of hydrogen-bond donors (Lipinski definition) is 1. The van der Waals surface area contributed by atoms with Crippen molar-refractivity contribution >= 4 is 54.5 Å². The molecule has 0 aliphatic rings. The van der Waals surface area contributed by atoms with Crippen molar-refractivity contribution in [1.82, 2.24) is 4.98 Å². The molecule has 3 rings (SSSR count). The molecule has 0 amide bonds. The summed E-state index contributed by atoms with van der Waals surface area (Å²) in [6, 6.07) is 8.03. The minimum atomic E-state index is 0.431. The molecular formula is C13H8BrN3S2. The molecule has 0 saturated carbocycles. The van der Waals surface area contributed by atoms with Crippen LogP contribution in [0.2, 0.25) is 0 Å². The number of anilines is 1. The van der Waals surface area contributed by atoms with Gasteiger partial charge in [-0.1, -0.05) is 6.07 Å². The standard InChI is InChI=1S/C13H8BrN3S2/c14-10-7-19-13-11(4-8(5-15)17-12(10)13)16-6-9-2-1-3-18-9/h1-4,7H,6H2,(H,16,17). The normalized spacial score (nSPS) is 10.5. The number of pyridine rings is 1. The quantitative estimate of drug-likeness (QED) is 0.751. The lowest BCUT2D eigenvalue weighted by Crippen LogP contribution is -1.99. The summed E-state index contributed by atoms with van der Waals surface area (Å²) in [5, 5.41) is 16.5. The number of fused-ring (bicyclic) bond motifs is 1. The molecule has 0 spiro atoms. The minimum Gasteiger partial charge on any atom is -0.379 e. The second-order valence-corrected chi connectivity index (χ2v) is 6.63. The summed E-state index contributed by atoms with van der Waals surface area (Å²) < 4.78 is 2.01. The third-order valence-electron chi connectivity index (χ3n) is 2.63. The smallest absolute Gasteiger partial charge is 0.143 e. The summed E-state index contributed by atoms with van der Waals surface area (Å²) in [7, 11) is 0. The molecule has 0 saturated heterocycles. The van der Waals surface area contributed by atoms with E-state index in [9.17, 15) is 0 Å². The highest BCUT2D eigenvalue weighted by Gasteiger charge is 2.10. The van der Waals surface area contributed by atoms with Gasteiger partial charge >= 0.3 is 0 Å². The molecule has 3 nitrogen and oxygen atoms in total. The van der Waals surface area contributed by atoms with E-state index in [1.54, 1.807) is 28.7 Å². The van der Waals surface area contributed by atoms with Gasteiger partial charge in [0.15, 0.2) is 0 Å². The Morgan fingerprint density at radius 2 is 2.32 bits per heavy atom. The average molecular weight is 350 g/mol. The lowest BCUT2D eigenvalue weighted by Gasteiger charge is -2.06. The first-order chi connectivity index (χ1) is 9.28. The van der Waals surface area contributed by atoms with Crippen LogP contribution in [0.3, 0.4) is 0 Å². The molecular weight excluding hydrogens is 342 g/mol. The van der Waals surface area contributed by atoms with E-state index in [0.717, 1.165) is 26.9 Å². The summed E-state index contributed by atoms with van der Waals surface area (Å²) in [6.07, 6.45) is 0. The molecule has 0 bridgehead atoms. The summed E-state index contributed by atoms with van der Waals surface area (Å²) in [4.78, 5) is 5.59. The zero-order valence-corrected chi connectivity index (χ0v) is 12.9. The van der Waals surface area contributed by atoms with Crippen molar-refractivity contribution < 1.29 is 0 Å². The van der Waals surface area contributed by atoms with Crippen molar-refractivity contribution in [2.75, 3.05) is 5.32 Å². The van der Waals surface area contributed by atoms with Crippen LogP contribution in [0, 0.1) is 11.3 Å². The van der Waals surface area contributed by atoms with E-state index in [1.165, 1.54) is 4.88 Å². The number of hydrogen-bond acceptors (Lipinski definition) is 5. The highest BCUT2D eigenvalue weighted by molar-refractivity contribution is 9.10. The van der Waals surface area contributed by atoms with Crippen LogP contribution in [-0.2, 0) is 6.54 Å². The topological polar surface area (TPSA) is 48.7 Å². The van der Waals surface area contributed by atoms with Crippen LogP contribution < -0.4 is 5.32 Å². The molecule has 0 aliphatic carbocycles. The first kappa shape index (κ1) is 12.6. The van der Waals surface area contributed by atoms with E-state index in [0.29, 0.717) is 5.69 Å². The van der Waals surface area contributed by atoms with Crippen molar-refractivity contribution in [2.45, 2.75) is 6.54 Å². The lowest BCUT2D eigenvalue weighted by molar-refractivity contribution is 1.19. The Morgan fingerprint density at radius 1 is 1.42 bits per heavy atom. The number of thiophene rings is 2. The summed E-state index contributed by atoms with van der Waals surface area (Å²) >= 11 is 6.80. The Hall–Kier alpha value is -1.42. The number of rotatable bonds is 3. The molecule has 19 heavy (non-hydrogen) atoms. The number of halogens is 1. The fourth-order valence-corrected chi connectivity index (χ4v) is 3.97. The fourth-order valence-electron chi connectivity index (χ4n) is 1.77. The third kappa shape index (κ3) is 2.50. The van der Waals surface area contributed by atoms with Crippen LogP contribution >= 0.6 is 38.6 Å². The SMILES string of the molecule is N#Cc1cc(NCc2cccs2)c2scc(Br)c2n1. The molecule has 0 atom stereocenters. The third-order valence-corrected chi connectivity index (χ3v) is 5.41. The van der Waals surface area contributed by atoms with E-state index >= 15 is 0 Å². The largest absolute Gasteiger partial charge is 0.379 e. The van der Waals surface area contributed by atoms with Crippen LogP contribution in [0.1, 0.15) is 10.6 Å². The molecule has 1 N–H and O–H groups in total. The minimum absolute atomic E-state index is 0.431. The van der Waals surface area contributed by atoms with Gasteiger partial charge in [-0.2, -0.15) is 5.26 Å². The zero-order valence-electron chi connectivity index (χ0n) is 9.68. The fraction of sp³-hybridized carbons (Fsp3) is 0.0769. The van der Waals surface area contributed by atoms with E-state index in [1.807, 2.05) is 11.4 Å². The van der Waals surface area contributed by atoms with E-state index in [4.69, 9.17) is 5.26 Å². The van der Waals surface area contributed by atoms with E-state index in [-0.39, 0.29) is 0 Å². The van der Waals surface area contributed by atoms with Gasteiger partial charge in [0.1, 0.15) is 11.8 Å². The van der Waals surface area contributed by atoms with Crippen LogP contribution in [0.25, 0.3) is 10.2 Å². The van der Waals surface area contributed by atoms with E-state index < -0.39 is 0 Å². The molecule has 0 aliphatic heterocycles. The zero-order chi connectivity index (χ0) is 13.2. The second kappa shape index (κ2) is 5.29. The second-order valence-electron chi connectivity index (χ2n) is 3.86. The molecule has 0 radical (unpaired) electrons. The van der Waals surface area contributed by atoms with Crippen molar-refractivity contribution in [2.24, 2.45) is 0 Å². The number of nitrogens with one attached hydrogen (secondary N) is 1. The maximum absolute atomic E-state index is 9.05. The maximum atomic E-state index is 9.05. The van der Waals surface area contributed by atoms with Gasteiger partial charge in [-0.05, 0) is 33.4 Å². The molecule has 3 aromatic heterocycles. The Labute approximate surface area is 126 Å². The maximum Gasteiger partial charge on any atom is 0.143 e. The molecule has 3 aromatic rings. The Kier molecular flexibility index (Phi) is 3.51. The molecule has 0 fully saturated rings. The average Bonchev–Trinajstić information content (AvgIpc) is 3.06. The van der Waals surface area contributed by atoms with Gasteiger partial charge in [-0.15, -0.1) is 22.7 Å². The van der Waals surface area contributed by atoms with Crippen LogP contribution in [0.15, 0.2) is 33.4 Å². The Morgan fingerprint density at radius 3 is 3.05 bits per heavy atom. The number of nitrogens with zero attached hydrogens (tertiary/aromatic N) is 2. The Bertz CT molecular complexity index is 756. The lowest BCUT2D eigenvalue weighted by atomic mass is 10.3. The first-order valence-corrected chi connectivity index (χ1v) is 8.07. The van der Waals surface area contributed by atoms with Gasteiger partial charge in [0.05, 0.1) is 20.4 Å². The highest BCUT2D eigenvalue weighted by atomic mass is 79.9. The van der Waals surface area contributed by atoms with Crippen molar-refractivity contribution in [1.29, 1.82) is 5.26 Å². The van der Waals surface area contributed by atoms with Gasteiger partial charge in [0, 0.05) is 16.8 Å². The Balaban J connectivity index is 1.99. The van der Waals surface area contributed by atoms with Crippen LogP contribution in [0.4, 0.5) is 5.69 Å². The first-order valence-electron chi connectivity index (χ1n) is 5.52. The molecule has 0 unspecified atom stereocenters. The molecule has 0 aromatic carbocycles. The molecule has 94 valence electrons. The summed E-state index contributed by atoms with van der Waals surface area (Å²) in [6.45, 7) is 0.761. The molecule has 3 heterocycles. The summed E-state index contributed by atoms with van der Waals surface area (Å²) in [5.74, 6) is 0.